The average molecular weight is 290 g/mol. The summed E-state index contributed by atoms with van der Waals surface area (Å²) in [4.78, 5) is 26.1. The SMILES string of the molecule is CCC1(C)NC(=O)C(C)N(CCOc2ccccc2)C1=O. The first-order chi connectivity index (χ1) is 9.98. The van der Waals surface area contributed by atoms with Crippen LogP contribution in [0.2, 0.25) is 0 Å². The van der Waals surface area contributed by atoms with Crippen LogP contribution in [0, 0.1) is 0 Å². The Kier molecular flexibility index (Phi) is 4.50. The molecule has 1 heterocycles. The lowest BCUT2D eigenvalue weighted by molar-refractivity contribution is -0.154. The first-order valence-electron chi connectivity index (χ1n) is 7.29. The topological polar surface area (TPSA) is 58.6 Å². The molecule has 1 aliphatic heterocycles. The van der Waals surface area contributed by atoms with E-state index in [0.717, 1.165) is 5.75 Å². The minimum absolute atomic E-state index is 0.0474. The van der Waals surface area contributed by atoms with Crippen LogP contribution < -0.4 is 10.1 Å². The van der Waals surface area contributed by atoms with Gasteiger partial charge in [0.1, 0.15) is 23.9 Å². The van der Waals surface area contributed by atoms with Crippen molar-refractivity contribution < 1.29 is 14.3 Å². The van der Waals surface area contributed by atoms with Crippen LogP contribution in [0.1, 0.15) is 27.2 Å². The standard InChI is InChI=1S/C16H22N2O3/c1-4-16(3)15(20)18(12(2)14(19)17-16)10-11-21-13-8-6-5-7-9-13/h5-9,12H,4,10-11H2,1-3H3,(H,17,19). The minimum atomic E-state index is -0.809. The number of hydrogen-bond donors (Lipinski definition) is 1. The second kappa shape index (κ2) is 6.16. The van der Waals surface area contributed by atoms with Crippen molar-refractivity contribution in [3.63, 3.8) is 0 Å². The summed E-state index contributed by atoms with van der Waals surface area (Å²) in [6.07, 6.45) is 0.570. The third-order valence-electron chi connectivity index (χ3n) is 4.03. The summed E-state index contributed by atoms with van der Waals surface area (Å²) in [5.41, 5.74) is -0.809. The molecule has 1 aromatic carbocycles. The molecule has 1 N–H and O–H groups in total. The van der Waals surface area contributed by atoms with Crippen LogP contribution in [-0.4, -0.2) is 41.4 Å². The van der Waals surface area contributed by atoms with Crippen molar-refractivity contribution in [3.8, 4) is 5.75 Å². The molecule has 1 fully saturated rings. The fraction of sp³-hybridized carbons (Fsp3) is 0.500. The molecule has 0 radical (unpaired) electrons. The van der Waals surface area contributed by atoms with E-state index < -0.39 is 11.6 Å². The largest absolute Gasteiger partial charge is 0.492 e. The number of carbonyl (C=O) groups excluding carboxylic acids is 2. The zero-order valence-electron chi connectivity index (χ0n) is 12.8. The molecule has 1 saturated heterocycles. The lowest BCUT2D eigenvalue weighted by Gasteiger charge is -2.42. The van der Waals surface area contributed by atoms with Crippen molar-refractivity contribution in [2.45, 2.75) is 38.8 Å². The molecule has 114 valence electrons. The summed E-state index contributed by atoms with van der Waals surface area (Å²) in [6.45, 7) is 6.17. The van der Waals surface area contributed by atoms with Gasteiger partial charge in [0.2, 0.25) is 11.8 Å². The maximum atomic E-state index is 12.5. The Bertz CT molecular complexity index is 518. The molecule has 2 atom stereocenters. The lowest BCUT2D eigenvalue weighted by Crippen LogP contribution is -2.68. The van der Waals surface area contributed by atoms with Gasteiger partial charge in [-0.25, -0.2) is 0 Å². The summed E-state index contributed by atoms with van der Waals surface area (Å²) in [7, 11) is 0. The lowest BCUT2D eigenvalue weighted by atomic mass is 9.92. The van der Waals surface area contributed by atoms with Gasteiger partial charge in [0.15, 0.2) is 0 Å². The summed E-state index contributed by atoms with van der Waals surface area (Å²) < 4.78 is 5.62. The van der Waals surface area contributed by atoms with Crippen LogP contribution in [0.3, 0.4) is 0 Å². The Balaban J connectivity index is 2.00. The van der Waals surface area contributed by atoms with E-state index in [1.165, 1.54) is 0 Å². The Hall–Kier alpha value is -2.04. The summed E-state index contributed by atoms with van der Waals surface area (Å²) in [5, 5.41) is 2.81. The third kappa shape index (κ3) is 3.17. The Morgan fingerprint density at radius 1 is 1.29 bits per heavy atom. The number of nitrogens with one attached hydrogen (secondary N) is 1. The molecule has 2 amide bonds. The van der Waals surface area contributed by atoms with E-state index in [2.05, 4.69) is 5.32 Å². The molecule has 1 aliphatic rings. The number of piperazine rings is 1. The molecule has 0 bridgehead atoms. The van der Waals surface area contributed by atoms with E-state index in [-0.39, 0.29) is 11.8 Å². The van der Waals surface area contributed by atoms with Gasteiger partial charge in [-0.15, -0.1) is 0 Å². The molecule has 1 aromatic rings. The van der Waals surface area contributed by atoms with Gasteiger partial charge in [0, 0.05) is 0 Å². The maximum absolute atomic E-state index is 12.5. The second-order valence-corrected chi connectivity index (χ2v) is 5.51. The number of ether oxygens (including phenoxy) is 1. The number of benzene rings is 1. The molecule has 0 aromatic heterocycles. The van der Waals surface area contributed by atoms with Crippen molar-refractivity contribution in [2.75, 3.05) is 13.2 Å². The van der Waals surface area contributed by atoms with E-state index >= 15 is 0 Å². The minimum Gasteiger partial charge on any atom is -0.492 e. The fourth-order valence-corrected chi connectivity index (χ4v) is 2.38. The molecule has 21 heavy (non-hydrogen) atoms. The van der Waals surface area contributed by atoms with E-state index in [9.17, 15) is 9.59 Å². The molecule has 0 saturated carbocycles. The van der Waals surface area contributed by atoms with E-state index in [1.54, 1.807) is 18.7 Å². The number of para-hydroxylation sites is 1. The molecule has 0 aliphatic carbocycles. The normalized spacial score (nSPS) is 25.7. The third-order valence-corrected chi connectivity index (χ3v) is 4.03. The van der Waals surface area contributed by atoms with E-state index in [1.807, 2.05) is 37.3 Å². The Morgan fingerprint density at radius 2 is 1.95 bits per heavy atom. The summed E-state index contributed by atoms with van der Waals surface area (Å²) in [5.74, 6) is 0.602. The fourth-order valence-electron chi connectivity index (χ4n) is 2.38. The highest BCUT2D eigenvalue weighted by atomic mass is 16.5. The molecule has 2 rings (SSSR count). The van der Waals surface area contributed by atoms with Crippen molar-refractivity contribution in [1.29, 1.82) is 0 Å². The van der Waals surface area contributed by atoms with Gasteiger partial charge < -0.3 is 15.0 Å². The number of nitrogens with zero attached hydrogens (tertiary/aromatic N) is 1. The van der Waals surface area contributed by atoms with Crippen molar-refractivity contribution in [2.24, 2.45) is 0 Å². The molecule has 2 unspecified atom stereocenters. The molecule has 5 nitrogen and oxygen atoms in total. The highest BCUT2D eigenvalue weighted by Crippen LogP contribution is 2.21. The molecular weight excluding hydrogens is 268 g/mol. The van der Waals surface area contributed by atoms with Crippen LogP contribution in [-0.2, 0) is 9.59 Å². The zero-order chi connectivity index (χ0) is 15.5. The van der Waals surface area contributed by atoms with Gasteiger partial charge in [-0.1, -0.05) is 25.1 Å². The van der Waals surface area contributed by atoms with Crippen molar-refractivity contribution in [1.82, 2.24) is 10.2 Å². The second-order valence-electron chi connectivity index (χ2n) is 5.51. The first kappa shape index (κ1) is 15.4. The van der Waals surface area contributed by atoms with E-state index in [0.29, 0.717) is 19.6 Å². The summed E-state index contributed by atoms with van der Waals surface area (Å²) in [6, 6.07) is 8.97. The molecule has 0 spiro atoms. The quantitative estimate of drug-likeness (QED) is 0.895. The van der Waals surface area contributed by atoms with Crippen LogP contribution in [0.15, 0.2) is 30.3 Å². The van der Waals surface area contributed by atoms with Crippen LogP contribution in [0.4, 0.5) is 0 Å². The predicted molar refractivity (Wildman–Crippen MR) is 80.0 cm³/mol. The van der Waals surface area contributed by atoms with Gasteiger partial charge in [-0.3, -0.25) is 9.59 Å². The van der Waals surface area contributed by atoms with Gasteiger partial charge in [-0.05, 0) is 32.4 Å². The molecular formula is C16H22N2O3. The van der Waals surface area contributed by atoms with E-state index in [4.69, 9.17) is 4.74 Å². The van der Waals surface area contributed by atoms with Crippen molar-refractivity contribution >= 4 is 11.8 Å². The molecule has 5 heteroatoms. The van der Waals surface area contributed by atoms with Gasteiger partial charge in [0.05, 0.1) is 6.54 Å². The smallest absolute Gasteiger partial charge is 0.248 e. The monoisotopic (exact) mass is 290 g/mol. The maximum Gasteiger partial charge on any atom is 0.248 e. The number of hydrogen-bond acceptors (Lipinski definition) is 3. The number of carbonyl (C=O) groups is 2. The predicted octanol–water partition coefficient (Wildman–Crippen LogP) is 1.58. The van der Waals surface area contributed by atoms with Gasteiger partial charge in [0.25, 0.3) is 0 Å². The number of amides is 2. The van der Waals surface area contributed by atoms with Gasteiger partial charge >= 0.3 is 0 Å². The van der Waals surface area contributed by atoms with Crippen LogP contribution >= 0.6 is 0 Å². The Labute approximate surface area is 125 Å². The Morgan fingerprint density at radius 3 is 2.57 bits per heavy atom. The zero-order valence-corrected chi connectivity index (χ0v) is 12.8. The number of rotatable bonds is 5. The van der Waals surface area contributed by atoms with Crippen LogP contribution in [0.5, 0.6) is 5.75 Å². The highest BCUT2D eigenvalue weighted by Gasteiger charge is 2.45. The average Bonchev–Trinajstić information content (AvgIpc) is 2.50. The van der Waals surface area contributed by atoms with Crippen LogP contribution in [0.25, 0.3) is 0 Å². The van der Waals surface area contributed by atoms with Crippen molar-refractivity contribution in [3.05, 3.63) is 30.3 Å². The summed E-state index contributed by atoms with van der Waals surface area (Å²) >= 11 is 0. The highest BCUT2D eigenvalue weighted by molar-refractivity contribution is 5.99. The van der Waals surface area contributed by atoms with Gasteiger partial charge in [-0.2, -0.15) is 0 Å². The first-order valence-corrected chi connectivity index (χ1v) is 7.29.